The van der Waals surface area contributed by atoms with Crippen LogP contribution in [0.25, 0.3) is 0 Å². The van der Waals surface area contributed by atoms with E-state index in [1.54, 1.807) is 0 Å². The lowest BCUT2D eigenvalue weighted by molar-refractivity contribution is 0.243. The number of hydrogen-bond acceptors (Lipinski definition) is 5. The number of aryl methyl sites for hydroxylation is 3. The first-order valence-electron chi connectivity index (χ1n) is 11.9. The number of rotatable bonds is 5. The highest BCUT2D eigenvalue weighted by Crippen LogP contribution is 2.29. The van der Waals surface area contributed by atoms with Crippen LogP contribution < -0.4 is 20.9 Å². The van der Waals surface area contributed by atoms with Gasteiger partial charge in [0.25, 0.3) is 0 Å². The molecule has 0 aliphatic heterocycles. The molecule has 1 saturated carbocycles. The Morgan fingerprint density at radius 2 is 1.72 bits per heavy atom. The lowest BCUT2D eigenvalue weighted by Gasteiger charge is -2.30. The molecule has 1 fully saturated rings. The summed E-state index contributed by atoms with van der Waals surface area (Å²) in [5.41, 5.74) is 5.66. The fourth-order valence-electron chi connectivity index (χ4n) is 4.87. The van der Waals surface area contributed by atoms with Crippen molar-refractivity contribution >= 4 is 23.5 Å². The van der Waals surface area contributed by atoms with Crippen molar-refractivity contribution in [1.29, 1.82) is 0 Å². The minimum Gasteiger partial charge on any atom is -0.362 e. The number of nitrogens with one attached hydrogen (secondary N) is 3. The summed E-state index contributed by atoms with van der Waals surface area (Å²) in [6.45, 7) is 4.07. The molecule has 1 heterocycles. The van der Waals surface area contributed by atoms with Crippen molar-refractivity contribution in [2.75, 3.05) is 29.6 Å². The van der Waals surface area contributed by atoms with Crippen LogP contribution in [0.3, 0.4) is 0 Å². The summed E-state index contributed by atoms with van der Waals surface area (Å²) >= 11 is 0. The maximum atomic E-state index is 12.5. The second kappa shape index (κ2) is 9.76. The highest BCUT2D eigenvalue weighted by atomic mass is 16.2. The summed E-state index contributed by atoms with van der Waals surface area (Å²) in [5, 5.41) is 9.71. The highest BCUT2D eigenvalue weighted by Gasteiger charge is 2.25. The number of urea groups is 1. The van der Waals surface area contributed by atoms with Gasteiger partial charge < -0.3 is 20.9 Å². The third kappa shape index (κ3) is 5.31. The number of anilines is 3. The average Bonchev–Trinajstić information content (AvgIpc) is 2.76. The van der Waals surface area contributed by atoms with Gasteiger partial charge in [-0.3, -0.25) is 0 Å². The summed E-state index contributed by atoms with van der Waals surface area (Å²) in [6.07, 6.45) is 8.42. The molecule has 3 N–H and O–H groups in total. The molecule has 2 amide bonds. The molecule has 32 heavy (non-hydrogen) atoms. The summed E-state index contributed by atoms with van der Waals surface area (Å²) in [4.78, 5) is 24.3. The number of aromatic nitrogens is 2. The third-order valence-corrected chi connectivity index (χ3v) is 6.61. The van der Waals surface area contributed by atoms with Crippen molar-refractivity contribution in [3.63, 3.8) is 0 Å². The van der Waals surface area contributed by atoms with Crippen molar-refractivity contribution in [2.45, 2.75) is 77.3 Å². The molecule has 7 heteroatoms. The van der Waals surface area contributed by atoms with E-state index in [2.05, 4.69) is 47.9 Å². The Balaban J connectivity index is 1.30. The maximum Gasteiger partial charge on any atom is 0.319 e. The van der Waals surface area contributed by atoms with Crippen LogP contribution in [0, 0.1) is 13.8 Å². The highest BCUT2D eigenvalue weighted by molar-refractivity contribution is 5.90. The molecule has 0 unspecified atom stereocenters. The molecule has 2 aliphatic carbocycles. The van der Waals surface area contributed by atoms with Gasteiger partial charge in [-0.1, -0.05) is 17.7 Å². The van der Waals surface area contributed by atoms with E-state index in [9.17, 15) is 4.79 Å². The van der Waals surface area contributed by atoms with Gasteiger partial charge in [0.15, 0.2) is 0 Å². The molecule has 7 nitrogen and oxygen atoms in total. The van der Waals surface area contributed by atoms with Crippen molar-refractivity contribution in [3.05, 3.63) is 40.6 Å². The molecule has 0 atom stereocenters. The Kier molecular flexibility index (Phi) is 6.82. The smallest absolute Gasteiger partial charge is 0.319 e. The molecule has 0 bridgehead atoms. The Morgan fingerprint density at radius 1 is 1.00 bits per heavy atom. The summed E-state index contributed by atoms with van der Waals surface area (Å²) in [6, 6.07) is 6.47. The zero-order valence-corrected chi connectivity index (χ0v) is 19.8. The van der Waals surface area contributed by atoms with Crippen LogP contribution >= 0.6 is 0 Å². The van der Waals surface area contributed by atoms with Gasteiger partial charge in [-0.25, -0.2) is 9.78 Å². The van der Waals surface area contributed by atoms with Gasteiger partial charge in [-0.15, -0.1) is 0 Å². The van der Waals surface area contributed by atoms with Crippen molar-refractivity contribution in [2.24, 2.45) is 0 Å². The summed E-state index contributed by atoms with van der Waals surface area (Å²) < 4.78 is 0. The largest absolute Gasteiger partial charge is 0.362 e. The molecule has 2 aromatic rings. The molecule has 0 radical (unpaired) electrons. The first kappa shape index (κ1) is 22.4. The van der Waals surface area contributed by atoms with E-state index in [-0.39, 0.29) is 12.1 Å². The maximum absolute atomic E-state index is 12.5. The van der Waals surface area contributed by atoms with Crippen molar-refractivity contribution in [3.8, 4) is 0 Å². The van der Waals surface area contributed by atoms with Crippen LogP contribution in [0.5, 0.6) is 0 Å². The predicted octanol–water partition coefficient (Wildman–Crippen LogP) is 4.58. The molecule has 1 aromatic heterocycles. The van der Waals surface area contributed by atoms with Gasteiger partial charge in [0.2, 0.25) is 5.95 Å². The number of carbonyl (C=O) groups is 1. The SMILES string of the molecule is Cc1ccc(NC(=O)NC2CCC(Nc3nc4c(c(N(C)C)n3)CCCC4)CC2)c(C)c1. The number of benzene rings is 1. The van der Waals surface area contributed by atoms with Crippen LogP contribution in [0.4, 0.5) is 22.2 Å². The zero-order chi connectivity index (χ0) is 22.7. The lowest BCUT2D eigenvalue weighted by atomic mass is 9.91. The number of fused-ring (bicyclic) bond motifs is 1. The summed E-state index contributed by atoms with van der Waals surface area (Å²) in [5.74, 6) is 1.80. The molecule has 0 spiro atoms. The van der Waals surface area contributed by atoms with E-state index in [1.165, 1.54) is 29.7 Å². The van der Waals surface area contributed by atoms with E-state index >= 15 is 0 Å². The molecular weight excluding hydrogens is 400 g/mol. The third-order valence-electron chi connectivity index (χ3n) is 6.61. The van der Waals surface area contributed by atoms with Gasteiger partial charge in [0.1, 0.15) is 5.82 Å². The van der Waals surface area contributed by atoms with Crippen LogP contribution in [-0.4, -0.2) is 42.2 Å². The van der Waals surface area contributed by atoms with Crippen molar-refractivity contribution in [1.82, 2.24) is 15.3 Å². The van der Waals surface area contributed by atoms with E-state index in [1.807, 2.05) is 19.1 Å². The minimum atomic E-state index is -0.123. The number of carbonyl (C=O) groups excluding carboxylic acids is 1. The Hall–Kier alpha value is -2.83. The Labute approximate surface area is 191 Å². The van der Waals surface area contributed by atoms with Crippen molar-refractivity contribution < 1.29 is 4.79 Å². The second-order valence-corrected chi connectivity index (χ2v) is 9.51. The monoisotopic (exact) mass is 436 g/mol. The second-order valence-electron chi connectivity index (χ2n) is 9.51. The number of amides is 2. The van der Waals surface area contributed by atoms with Gasteiger partial charge in [0.05, 0.1) is 5.69 Å². The summed E-state index contributed by atoms with van der Waals surface area (Å²) in [7, 11) is 4.11. The zero-order valence-electron chi connectivity index (χ0n) is 19.8. The molecule has 4 rings (SSSR count). The standard InChI is InChI=1S/C25H36N6O/c1-16-9-14-21(17(2)15-16)29-25(32)27-19-12-10-18(11-13-19)26-24-28-22-8-6-5-7-20(22)23(30-24)31(3)4/h9,14-15,18-19H,5-8,10-13H2,1-4H3,(H,26,28,30)(H2,27,29,32). The van der Waals surface area contributed by atoms with E-state index in [4.69, 9.17) is 9.97 Å². The molecule has 1 aromatic carbocycles. The van der Waals surface area contributed by atoms with E-state index < -0.39 is 0 Å². The number of hydrogen-bond donors (Lipinski definition) is 3. The molecule has 2 aliphatic rings. The van der Waals surface area contributed by atoms with Gasteiger partial charge in [-0.05, 0) is 76.8 Å². The topological polar surface area (TPSA) is 82.2 Å². The van der Waals surface area contributed by atoms with Crippen LogP contribution in [0.2, 0.25) is 0 Å². The van der Waals surface area contributed by atoms with E-state index in [0.29, 0.717) is 6.04 Å². The fraction of sp³-hybridized carbons (Fsp3) is 0.560. The lowest BCUT2D eigenvalue weighted by Crippen LogP contribution is -2.42. The number of nitrogens with zero attached hydrogens (tertiary/aromatic N) is 3. The van der Waals surface area contributed by atoms with Crippen LogP contribution in [-0.2, 0) is 12.8 Å². The van der Waals surface area contributed by atoms with Gasteiger partial charge in [-0.2, -0.15) is 4.98 Å². The quantitative estimate of drug-likeness (QED) is 0.639. The van der Waals surface area contributed by atoms with Gasteiger partial charge >= 0.3 is 6.03 Å². The van der Waals surface area contributed by atoms with E-state index in [0.717, 1.165) is 61.5 Å². The first-order chi connectivity index (χ1) is 15.4. The van der Waals surface area contributed by atoms with Crippen LogP contribution in [0.1, 0.15) is 60.9 Å². The van der Waals surface area contributed by atoms with Gasteiger partial charge in [0, 0.05) is 37.4 Å². The normalized spacial score (nSPS) is 20.2. The molecule has 172 valence electrons. The fourth-order valence-corrected chi connectivity index (χ4v) is 4.87. The van der Waals surface area contributed by atoms with Crippen LogP contribution in [0.15, 0.2) is 18.2 Å². The Morgan fingerprint density at radius 3 is 2.44 bits per heavy atom. The first-order valence-corrected chi connectivity index (χ1v) is 11.9. The predicted molar refractivity (Wildman–Crippen MR) is 131 cm³/mol. The minimum absolute atomic E-state index is 0.123. The Bertz CT molecular complexity index is 965. The molecule has 0 saturated heterocycles. The average molecular weight is 437 g/mol. The molecular formula is C25H36N6O.